The van der Waals surface area contributed by atoms with Crippen LogP contribution in [0.3, 0.4) is 0 Å². The first-order chi connectivity index (χ1) is 11.2. The summed E-state index contributed by atoms with van der Waals surface area (Å²) in [5, 5.41) is 8.73. The number of thiazole rings is 1. The van der Waals surface area contributed by atoms with Crippen LogP contribution in [0.4, 0.5) is 0 Å². The molecule has 2 aromatic rings. The minimum atomic E-state index is 0.194. The van der Waals surface area contributed by atoms with E-state index < -0.39 is 0 Å². The highest BCUT2D eigenvalue weighted by Gasteiger charge is 2.36. The van der Waals surface area contributed by atoms with E-state index in [0.717, 1.165) is 23.5 Å². The first kappa shape index (κ1) is 15.3. The molecule has 1 amide bonds. The number of amides is 1. The molecule has 2 atom stereocenters. The first-order valence-corrected chi connectivity index (χ1v) is 9.95. The zero-order valence-electron chi connectivity index (χ0n) is 13.2. The van der Waals surface area contributed by atoms with Crippen LogP contribution in [0.1, 0.15) is 31.4 Å². The van der Waals surface area contributed by atoms with Gasteiger partial charge in [0.1, 0.15) is 5.01 Å². The van der Waals surface area contributed by atoms with E-state index in [4.69, 9.17) is 0 Å². The molecule has 0 saturated carbocycles. The third kappa shape index (κ3) is 3.20. The Kier molecular flexibility index (Phi) is 4.22. The van der Waals surface area contributed by atoms with E-state index in [1.165, 1.54) is 17.7 Å². The number of fused-ring (bicyclic) bond motifs is 2. The van der Waals surface area contributed by atoms with Crippen molar-refractivity contribution in [2.24, 2.45) is 0 Å². The fraction of sp³-hybridized carbons (Fsp3) is 0.529. The lowest BCUT2D eigenvalue weighted by molar-refractivity contribution is -0.132. The molecule has 2 fully saturated rings. The van der Waals surface area contributed by atoms with Gasteiger partial charge in [0.15, 0.2) is 0 Å². The second-order valence-electron chi connectivity index (χ2n) is 6.57. The first-order valence-electron chi connectivity index (χ1n) is 8.19. The predicted molar refractivity (Wildman–Crippen MR) is 94.9 cm³/mol. The van der Waals surface area contributed by atoms with E-state index in [-0.39, 0.29) is 5.91 Å². The van der Waals surface area contributed by atoms with Crippen molar-refractivity contribution in [2.75, 3.05) is 7.05 Å². The molecule has 4 rings (SSSR count). The molecule has 23 heavy (non-hydrogen) atoms. The highest BCUT2D eigenvalue weighted by Crippen LogP contribution is 2.30. The minimum absolute atomic E-state index is 0.194. The van der Waals surface area contributed by atoms with Crippen LogP contribution >= 0.6 is 22.7 Å². The molecular weight excluding hydrogens is 326 g/mol. The van der Waals surface area contributed by atoms with Crippen LogP contribution in [-0.4, -0.2) is 41.0 Å². The number of hydrogen-bond donors (Lipinski definition) is 1. The zero-order chi connectivity index (χ0) is 15.8. The molecule has 0 radical (unpaired) electrons. The summed E-state index contributed by atoms with van der Waals surface area (Å²) in [7, 11) is 1.96. The standard InChI is InChI=1S/C17H21N3OS2/c1-20(14-7-11-4-5-12(8-14)18-11)16(21)9-13-10-23-17(19-13)15-3-2-6-22-15/h2-3,6,10-12,14,18H,4-5,7-9H2,1H3. The molecule has 2 aliphatic rings. The van der Waals surface area contributed by atoms with E-state index in [9.17, 15) is 4.79 Å². The second kappa shape index (κ2) is 6.34. The van der Waals surface area contributed by atoms with E-state index in [2.05, 4.69) is 21.7 Å². The van der Waals surface area contributed by atoms with Gasteiger partial charge in [-0.3, -0.25) is 4.79 Å². The number of thiophene rings is 1. The number of likely N-dealkylation sites (N-methyl/N-ethyl adjacent to an activating group) is 1. The molecule has 0 aromatic carbocycles. The SMILES string of the molecule is CN(C(=O)Cc1csc(-c2cccs2)n1)C1CC2CCC(C1)N2. The summed E-state index contributed by atoms with van der Waals surface area (Å²) in [5.74, 6) is 0.194. The fourth-order valence-corrected chi connectivity index (χ4v) is 5.36. The van der Waals surface area contributed by atoms with Crippen LogP contribution in [0.25, 0.3) is 9.88 Å². The summed E-state index contributed by atoms with van der Waals surface area (Å²) in [5.41, 5.74) is 0.896. The Hall–Kier alpha value is -1.24. The Bertz CT molecular complexity index is 670. The van der Waals surface area contributed by atoms with Gasteiger partial charge in [-0.1, -0.05) is 6.07 Å². The van der Waals surface area contributed by atoms with Gasteiger partial charge in [-0.2, -0.15) is 0 Å². The van der Waals surface area contributed by atoms with E-state index in [1.807, 2.05) is 23.4 Å². The fourth-order valence-electron chi connectivity index (χ4n) is 3.73. The Morgan fingerprint density at radius 3 is 2.83 bits per heavy atom. The number of piperidine rings is 1. The molecule has 4 heterocycles. The smallest absolute Gasteiger partial charge is 0.228 e. The lowest BCUT2D eigenvalue weighted by atomic mass is 9.98. The van der Waals surface area contributed by atoms with Crippen LogP contribution in [0.5, 0.6) is 0 Å². The molecule has 2 aliphatic heterocycles. The third-order valence-electron chi connectivity index (χ3n) is 5.01. The van der Waals surface area contributed by atoms with Crippen LogP contribution in [-0.2, 0) is 11.2 Å². The van der Waals surface area contributed by atoms with Crippen LogP contribution < -0.4 is 5.32 Å². The van der Waals surface area contributed by atoms with Crippen LogP contribution in [0, 0.1) is 0 Å². The van der Waals surface area contributed by atoms with Crippen molar-refractivity contribution in [2.45, 2.75) is 50.2 Å². The molecule has 2 bridgehead atoms. The molecule has 0 aliphatic carbocycles. The normalized spacial score (nSPS) is 26.4. The second-order valence-corrected chi connectivity index (χ2v) is 8.37. The Balaban J connectivity index is 1.39. The molecule has 1 N–H and O–H groups in total. The largest absolute Gasteiger partial charge is 0.342 e. The van der Waals surface area contributed by atoms with Crippen molar-refractivity contribution in [1.29, 1.82) is 0 Å². The van der Waals surface area contributed by atoms with Gasteiger partial charge in [-0.05, 0) is 37.1 Å². The Morgan fingerprint density at radius 2 is 2.13 bits per heavy atom. The molecule has 2 unspecified atom stereocenters. The zero-order valence-corrected chi connectivity index (χ0v) is 14.8. The summed E-state index contributed by atoms with van der Waals surface area (Å²) >= 11 is 3.32. The van der Waals surface area contributed by atoms with Gasteiger partial charge in [0, 0.05) is 30.6 Å². The lowest BCUT2D eigenvalue weighted by Crippen LogP contribution is -2.49. The number of nitrogens with one attached hydrogen (secondary N) is 1. The van der Waals surface area contributed by atoms with Crippen LogP contribution in [0.2, 0.25) is 0 Å². The van der Waals surface area contributed by atoms with Crippen molar-refractivity contribution < 1.29 is 4.79 Å². The Labute approximate surface area is 144 Å². The third-order valence-corrected chi connectivity index (χ3v) is 6.94. The average molecular weight is 348 g/mol. The quantitative estimate of drug-likeness (QED) is 0.924. The number of carbonyl (C=O) groups is 1. The number of hydrogen-bond acceptors (Lipinski definition) is 5. The number of rotatable bonds is 4. The van der Waals surface area contributed by atoms with Gasteiger partial charge in [0.05, 0.1) is 17.0 Å². The van der Waals surface area contributed by atoms with Gasteiger partial charge in [0.25, 0.3) is 0 Å². The maximum atomic E-state index is 12.6. The average Bonchev–Trinajstić information content (AvgIpc) is 3.27. The molecule has 0 spiro atoms. The van der Waals surface area contributed by atoms with E-state index in [0.29, 0.717) is 24.5 Å². The van der Waals surface area contributed by atoms with Crippen molar-refractivity contribution in [3.05, 3.63) is 28.6 Å². The van der Waals surface area contributed by atoms with Gasteiger partial charge < -0.3 is 10.2 Å². The maximum absolute atomic E-state index is 12.6. The molecule has 6 heteroatoms. The van der Waals surface area contributed by atoms with Crippen molar-refractivity contribution in [3.8, 4) is 9.88 Å². The van der Waals surface area contributed by atoms with Gasteiger partial charge in [0.2, 0.25) is 5.91 Å². The van der Waals surface area contributed by atoms with Crippen molar-refractivity contribution >= 4 is 28.6 Å². The highest BCUT2D eigenvalue weighted by molar-refractivity contribution is 7.20. The van der Waals surface area contributed by atoms with Gasteiger partial charge in [-0.15, -0.1) is 22.7 Å². The number of nitrogens with zero attached hydrogens (tertiary/aromatic N) is 2. The van der Waals surface area contributed by atoms with Crippen molar-refractivity contribution in [3.63, 3.8) is 0 Å². The molecule has 4 nitrogen and oxygen atoms in total. The van der Waals surface area contributed by atoms with E-state index in [1.54, 1.807) is 22.7 Å². The monoisotopic (exact) mass is 347 g/mol. The maximum Gasteiger partial charge on any atom is 0.228 e. The number of carbonyl (C=O) groups excluding carboxylic acids is 1. The topological polar surface area (TPSA) is 45.2 Å². The minimum Gasteiger partial charge on any atom is -0.342 e. The molecule has 2 saturated heterocycles. The summed E-state index contributed by atoms with van der Waals surface area (Å²) in [6, 6.07) is 5.71. The van der Waals surface area contributed by atoms with Gasteiger partial charge in [-0.25, -0.2) is 4.98 Å². The number of aromatic nitrogens is 1. The Morgan fingerprint density at radius 1 is 1.35 bits per heavy atom. The molecule has 122 valence electrons. The highest BCUT2D eigenvalue weighted by atomic mass is 32.1. The summed E-state index contributed by atoms with van der Waals surface area (Å²) < 4.78 is 0. The predicted octanol–water partition coefficient (Wildman–Crippen LogP) is 3.16. The lowest BCUT2D eigenvalue weighted by Gasteiger charge is -2.35. The van der Waals surface area contributed by atoms with Gasteiger partial charge >= 0.3 is 0 Å². The molecular formula is C17H21N3OS2. The van der Waals surface area contributed by atoms with Crippen LogP contribution in [0.15, 0.2) is 22.9 Å². The summed E-state index contributed by atoms with van der Waals surface area (Å²) in [6.07, 6.45) is 5.13. The van der Waals surface area contributed by atoms with Crippen molar-refractivity contribution in [1.82, 2.24) is 15.2 Å². The summed E-state index contributed by atoms with van der Waals surface area (Å²) in [6.45, 7) is 0. The van der Waals surface area contributed by atoms with E-state index >= 15 is 0 Å². The molecule has 2 aromatic heterocycles. The summed E-state index contributed by atoms with van der Waals surface area (Å²) in [4.78, 5) is 20.4.